The van der Waals surface area contributed by atoms with Crippen molar-refractivity contribution in [1.29, 1.82) is 0 Å². The maximum atomic E-state index is 3.95. The molecule has 3 aliphatic rings. The standard InChI is InChI=1S/C24H23Br/c1-15-10-23-22(14-19-8-4-5-9-20(19)24(23)25)21(15)13-16-11-17-6-2-3-7-18(17)12-16/h2-3,6-7,10-11,14,21H,4-5,8-9,12-13H2,1H3. The van der Waals surface area contributed by atoms with E-state index in [1.54, 1.807) is 22.3 Å². The van der Waals surface area contributed by atoms with E-state index in [2.05, 4.69) is 65.3 Å². The quantitative estimate of drug-likeness (QED) is 0.525. The second-order valence-electron chi connectivity index (χ2n) is 7.86. The Hall–Kier alpha value is -1.60. The van der Waals surface area contributed by atoms with E-state index in [1.165, 1.54) is 52.4 Å². The van der Waals surface area contributed by atoms with Gasteiger partial charge in [-0.2, -0.15) is 0 Å². The van der Waals surface area contributed by atoms with Gasteiger partial charge in [0, 0.05) is 10.4 Å². The maximum Gasteiger partial charge on any atom is 0.0285 e. The molecule has 3 aliphatic carbocycles. The number of fused-ring (bicyclic) bond motifs is 3. The summed E-state index contributed by atoms with van der Waals surface area (Å²) in [7, 11) is 0. The van der Waals surface area contributed by atoms with Gasteiger partial charge in [-0.3, -0.25) is 0 Å². The summed E-state index contributed by atoms with van der Waals surface area (Å²) in [6, 6.07) is 11.4. The summed E-state index contributed by atoms with van der Waals surface area (Å²) in [5, 5.41) is 0. The van der Waals surface area contributed by atoms with Crippen LogP contribution < -0.4 is 0 Å². The van der Waals surface area contributed by atoms with E-state index in [0.29, 0.717) is 5.92 Å². The SMILES string of the molecule is CC1=Cc2c(cc3c(c2Br)CCCC3)C1CC1=Cc2ccccc2C1. The van der Waals surface area contributed by atoms with Crippen molar-refractivity contribution in [3.8, 4) is 0 Å². The number of aryl methyl sites for hydroxylation is 1. The lowest BCUT2D eigenvalue weighted by atomic mass is 9.84. The van der Waals surface area contributed by atoms with E-state index in [4.69, 9.17) is 0 Å². The lowest BCUT2D eigenvalue weighted by molar-refractivity contribution is 0.679. The van der Waals surface area contributed by atoms with Crippen LogP contribution in [0.15, 0.2) is 46.0 Å². The van der Waals surface area contributed by atoms with Crippen LogP contribution in [0.3, 0.4) is 0 Å². The molecular weight excluding hydrogens is 368 g/mol. The summed E-state index contributed by atoms with van der Waals surface area (Å²) >= 11 is 3.95. The maximum absolute atomic E-state index is 3.95. The highest BCUT2D eigenvalue weighted by Gasteiger charge is 2.29. The number of benzene rings is 2. The summed E-state index contributed by atoms with van der Waals surface area (Å²) in [6.45, 7) is 2.32. The molecule has 0 heterocycles. The average molecular weight is 391 g/mol. The molecule has 0 N–H and O–H groups in total. The minimum absolute atomic E-state index is 0.555. The molecule has 0 saturated heterocycles. The summed E-state index contributed by atoms with van der Waals surface area (Å²) in [4.78, 5) is 0. The van der Waals surface area contributed by atoms with Crippen molar-refractivity contribution >= 4 is 28.1 Å². The lowest BCUT2D eigenvalue weighted by Crippen LogP contribution is -2.07. The van der Waals surface area contributed by atoms with Crippen molar-refractivity contribution in [1.82, 2.24) is 0 Å². The molecule has 1 atom stereocenters. The molecule has 0 aliphatic heterocycles. The van der Waals surface area contributed by atoms with Gasteiger partial charge in [-0.25, -0.2) is 0 Å². The Morgan fingerprint density at radius 2 is 1.88 bits per heavy atom. The Bertz CT molecular complexity index is 929. The topological polar surface area (TPSA) is 0 Å². The summed E-state index contributed by atoms with van der Waals surface area (Å²) in [6.07, 6.45) is 12.3. The molecule has 0 amide bonds. The van der Waals surface area contributed by atoms with E-state index in [9.17, 15) is 0 Å². The molecule has 126 valence electrons. The highest BCUT2D eigenvalue weighted by atomic mass is 79.9. The van der Waals surface area contributed by atoms with Gasteiger partial charge in [0.1, 0.15) is 0 Å². The van der Waals surface area contributed by atoms with Crippen LogP contribution in [-0.2, 0) is 19.3 Å². The van der Waals surface area contributed by atoms with Gasteiger partial charge in [0.2, 0.25) is 0 Å². The normalized spacial score (nSPS) is 20.6. The lowest BCUT2D eigenvalue weighted by Gasteiger charge is -2.22. The van der Waals surface area contributed by atoms with Crippen LogP contribution in [0.4, 0.5) is 0 Å². The third-order valence-corrected chi connectivity index (χ3v) is 7.15. The molecule has 25 heavy (non-hydrogen) atoms. The second kappa shape index (κ2) is 5.99. The molecule has 1 unspecified atom stereocenters. The van der Waals surface area contributed by atoms with Crippen molar-refractivity contribution in [2.75, 3.05) is 0 Å². The summed E-state index contributed by atoms with van der Waals surface area (Å²) < 4.78 is 1.38. The Morgan fingerprint density at radius 1 is 1.04 bits per heavy atom. The number of halogens is 1. The molecular formula is C24H23Br. The van der Waals surface area contributed by atoms with E-state index in [0.717, 1.165) is 12.8 Å². The molecule has 0 saturated carbocycles. The fraction of sp³-hybridized carbons (Fsp3) is 0.333. The minimum Gasteiger partial charge on any atom is -0.0648 e. The van der Waals surface area contributed by atoms with Gasteiger partial charge in [0.05, 0.1) is 0 Å². The molecule has 0 radical (unpaired) electrons. The van der Waals surface area contributed by atoms with Crippen LogP contribution in [-0.4, -0.2) is 0 Å². The van der Waals surface area contributed by atoms with Crippen LogP contribution >= 0.6 is 15.9 Å². The Kier molecular flexibility index (Phi) is 3.74. The van der Waals surface area contributed by atoms with E-state index in [-0.39, 0.29) is 0 Å². The van der Waals surface area contributed by atoms with Gasteiger partial charge in [0.15, 0.2) is 0 Å². The van der Waals surface area contributed by atoms with Gasteiger partial charge in [-0.05, 0) is 94.8 Å². The smallest absolute Gasteiger partial charge is 0.0285 e. The number of rotatable bonds is 2. The first-order valence-electron chi connectivity index (χ1n) is 9.50. The van der Waals surface area contributed by atoms with Gasteiger partial charge in [-0.15, -0.1) is 0 Å². The average Bonchev–Trinajstić information content (AvgIpc) is 3.17. The number of hydrogen-bond donors (Lipinski definition) is 0. The van der Waals surface area contributed by atoms with Crippen LogP contribution in [0.25, 0.3) is 12.2 Å². The molecule has 2 aromatic carbocycles. The van der Waals surface area contributed by atoms with Crippen molar-refractivity contribution in [2.45, 2.75) is 51.4 Å². The van der Waals surface area contributed by atoms with Crippen molar-refractivity contribution < 1.29 is 0 Å². The van der Waals surface area contributed by atoms with Crippen LogP contribution in [0.5, 0.6) is 0 Å². The van der Waals surface area contributed by atoms with Crippen LogP contribution in [0, 0.1) is 0 Å². The first-order valence-corrected chi connectivity index (χ1v) is 10.3. The highest BCUT2D eigenvalue weighted by molar-refractivity contribution is 9.10. The largest absolute Gasteiger partial charge is 0.0648 e. The monoisotopic (exact) mass is 390 g/mol. The molecule has 0 nitrogen and oxygen atoms in total. The zero-order chi connectivity index (χ0) is 17.0. The Morgan fingerprint density at radius 3 is 2.76 bits per heavy atom. The summed E-state index contributed by atoms with van der Waals surface area (Å²) in [5.41, 5.74) is 12.2. The fourth-order valence-electron chi connectivity index (χ4n) is 4.92. The van der Waals surface area contributed by atoms with Crippen LogP contribution in [0.2, 0.25) is 0 Å². The third-order valence-electron chi connectivity index (χ3n) is 6.25. The molecule has 0 aromatic heterocycles. The van der Waals surface area contributed by atoms with E-state index in [1.807, 2.05) is 0 Å². The van der Waals surface area contributed by atoms with Gasteiger partial charge in [0.25, 0.3) is 0 Å². The number of allylic oxidation sites excluding steroid dienone is 2. The molecule has 2 aromatic rings. The zero-order valence-corrected chi connectivity index (χ0v) is 16.3. The van der Waals surface area contributed by atoms with Crippen molar-refractivity contribution in [3.05, 3.63) is 79.3 Å². The van der Waals surface area contributed by atoms with Crippen molar-refractivity contribution in [3.63, 3.8) is 0 Å². The Balaban J connectivity index is 1.50. The van der Waals surface area contributed by atoms with Gasteiger partial charge >= 0.3 is 0 Å². The van der Waals surface area contributed by atoms with Gasteiger partial charge in [-0.1, -0.05) is 53.6 Å². The number of hydrogen-bond acceptors (Lipinski definition) is 0. The molecule has 0 spiro atoms. The molecule has 1 heteroatoms. The van der Waals surface area contributed by atoms with E-state index >= 15 is 0 Å². The summed E-state index contributed by atoms with van der Waals surface area (Å²) in [5.74, 6) is 0.555. The minimum atomic E-state index is 0.555. The van der Waals surface area contributed by atoms with Crippen molar-refractivity contribution in [2.24, 2.45) is 0 Å². The zero-order valence-electron chi connectivity index (χ0n) is 14.7. The highest BCUT2D eigenvalue weighted by Crippen LogP contribution is 2.47. The third kappa shape index (κ3) is 2.56. The molecule has 0 bridgehead atoms. The predicted octanol–water partition coefficient (Wildman–Crippen LogP) is 6.86. The van der Waals surface area contributed by atoms with E-state index < -0.39 is 0 Å². The molecule has 0 fully saturated rings. The molecule has 5 rings (SSSR count). The predicted molar refractivity (Wildman–Crippen MR) is 110 cm³/mol. The Labute approximate surface area is 158 Å². The second-order valence-corrected chi connectivity index (χ2v) is 8.65. The fourth-order valence-corrected chi connectivity index (χ4v) is 5.71. The first kappa shape index (κ1) is 15.6. The first-order chi connectivity index (χ1) is 12.2. The van der Waals surface area contributed by atoms with Gasteiger partial charge < -0.3 is 0 Å². The van der Waals surface area contributed by atoms with Crippen LogP contribution in [0.1, 0.15) is 65.5 Å².